The Morgan fingerprint density at radius 1 is 1.23 bits per heavy atom. The molecular weight excluding hydrogens is 366 g/mol. The van der Waals surface area contributed by atoms with Gasteiger partial charge in [-0.15, -0.1) is 11.8 Å². The highest BCUT2D eigenvalue weighted by molar-refractivity contribution is 7.99. The van der Waals surface area contributed by atoms with Crippen LogP contribution >= 0.6 is 23.4 Å². The molecule has 1 heterocycles. The first-order valence-corrected chi connectivity index (χ1v) is 10.2. The standard InChI is InChI=1S/C21H24ClNO2S/c1-21(2)14-18(17-6-3-4-7-19(17)25-21)23-20(24)8-5-13-26-16-11-9-15(22)10-12-16/h3-4,6-7,9-12,18H,5,8,13-14H2,1-2H3,(H,23,24)/t18-/m0/s1. The number of para-hydroxylation sites is 1. The van der Waals surface area contributed by atoms with Gasteiger partial charge in [-0.3, -0.25) is 4.79 Å². The van der Waals surface area contributed by atoms with Crippen LogP contribution in [0.5, 0.6) is 5.75 Å². The van der Waals surface area contributed by atoms with E-state index in [1.807, 2.05) is 48.5 Å². The third kappa shape index (κ3) is 5.18. The lowest BCUT2D eigenvalue weighted by Gasteiger charge is -2.37. The summed E-state index contributed by atoms with van der Waals surface area (Å²) in [5, 5.41) is 3.94. The second-order valence-electron chi connectivity index (χ2n) is 7.13. The van der Waals surface area contributed by atoms with Gasteiger partial charge in [0.2, 0.25) is 5.91 Å². The molecule has 26 heavy (non-hydrogen) atoms. The van der Waals surface area contributed by atoms with E-state index in [4.69, 9.17) is 16.3 Å². The molecule has 0 aliphatic carbocycles. The SMILES string of the molecule is CC1(C)C[C@H](NC(=O)CCCSc2ccc(Cl)cc2)c2ccccc2O1. The Morgan fingerprint density at radius 3 is 2.73 bits per heavy atom. The third-order valence-electron chi connectivity index (χ3n) is 4.34. The highest BCUT2D eigenvalue weighted by atomic mass is 35.5. The van der Waals surface area contributed by atoms with Crippen molar-refractivity contribution in [2.45, 2.75) is 49.6 Å². The number of nitrogens with one attached hydrogen (secondary N) is 1. The number of rotatable bonds is 6. The number of halogens is 1. The van der Waals surface area contributed by atoms with Crippen LogP contribution in [0.25, 0.3) is 0 Å². The summed E-state index contributed by atoms with van der Waals surface area (Å²) in [4.78, 5) is 13.6. The van der Waals surface area contributed by atoms with Crippen LogP contribution in [-0.4, -0.2) is 17.3 Å². The first-order valence-electron chi connectivity index (χ1n) is 8.89. The Hall–Kier alpha value is -1.65. The summed E-state index contributed by atoms with van der Waals surface area (Å²) in [6, 6.07) is 15.8. The number of carbonyl (C=O) groups excluding carboxylic acids is 1. The van der Waals surface area contributed by atoms with Gasteiger partial charge in [-0.05, 0) is 56.4 Å². The summed E-state index contributed by atoms with van der Waals surface area (Å²) in [7, 11) is 0. The van der Waals surface area contributed by atoms with Crippen LogP contribution in [0.2, 0.25) is 5.02 Å². The first-order chi connectivity index (χ1) is 12.4. The molecule has 0 saturated carbocycles. The van der Waals surface area contributed by atoms with E-state index < -0.39 is 0 Å². The Kier molecular flexibility index (Phi) is 6.15. The van der Waals surface area contributed by atoms with Gasteiger partial charge in [0.25, 0.3) is 0 Å². The van der Waals surface area contributed by atoms with Crippen molar-refractivity contribution in [1.29, 1.82) is 0 Å². The van der Waals surface area contributed by atoms with Crippen LogP contribution in [0, 0.1) is 0 Å². The molecule has 1 amide bonds. The average molecular weight is 390 g/mol. The van der Waals surface area contributed by atoms with Gasteiger partial charge in [0, 0.05) is 28.3 Å². The fraction of sp³-hybridized carbons (Fsp3) is 0.381. The second-order valence-corrected chi connectivity index (χ2v) is 8.73. The summed E-state index contributed by atoms with van der Waals surface area (Å²) < 4.78 is 6.02. The van der Waals surface area contributed by atoms with Crippen molar-refractivity contribution in [3.05, 3.63) is 59.1 Å². The number of carbonyl (C=O) groups is 1. The van der Waals surface area contributed by atoms with E-state index in [9.17, 15) is 4.79 Å². The van der Waals surface area contributed by atoms with E-state index in [2.05, 4.69) is 19.2 Å². The molecule has 1 aliphatic heterocycles. The lowest BCUT2D eigenvalue weighted by Crippen LogP contribution is -2.41. The van der Waals surface area contributed by atoms with Gasteiger partial charge in [-0.1, -0.05) is 29.8 Å². The summed E-state index contributed by atoms with van der Waals surface area (Å²) in [5.41, 5.74) is 0.784. The third-order valence-corrected chi connectivity index (χ3v) is 5.69. The van der Waals surface area contributed by atoms with E-state index in [0.717, 1.165) is 34.9 Å². The predicted molar refractivity (Wildman–Crippen MR) is 108 cm³/mol. The van der Waals surface area contributed by atoms with E-state index >= 15 is 0 Å². The molecule has 1 atom stereocenters. The zero-order chi connectivity index (χ0) is 18.6. The maximum Gasteiger partial charge on any atom is 0.220 e. The molecule has 1 N–H and O–H groups in total. The predicted octanol–water partition coefficient (Wildman–Crippen LogP) is 5.63. The second kappa shape index (κ2) is 8.36. The molecule has 3 rings (SSSR count). The van der Waals surface area contributed by atoms with Crippen LogP contribution in [0.1, 0.15) is 44.7 Å². The molecular formula is C21H24ClNO2S. The molecule has 0 saturated heterocycles. The van der Waals surface area contributed by atoms with E-state index in [0.29, 0.717) is 6.42 Å². The molecule has 3 nitrogen and oxygen atoms in total. The fourth-order valence-electron chi connectivity index (χ4n) is 3.15. The molecule has 2 aromatic carbocycles. The van der Waals surface area contributed by atoms with Gasteiger partial charge in [-0.25, -0.2) is 0 Å². The maximum atomic E-state index is 12.4. The van der Waals surface area contributed by atoms with Crippen LogP contribution < -0.4 is 10.1 Å². The smallest absolute Gasteiger partial charge is 0.220 e. The molecule has 0 aromatic heterocycles. The molecule has 0 radical (unpaired) electrons. The minimum Gasteiger partial charge on any atom is -0.487 e. The number of amides is 1. The molecule has 0 bridgehead atoms. The lowest BCUT2D eigenvalue weighted by molar-refractivity contribution is -0.122. The van der Waals surface area contributed by atoms with Crippen LogP contribution in [-0.2, 0) is 4.79 Å². The topological polar surface area (TPSA) is 38.3 Å². The van der Waals surface area contributed by atoms with Crippen LogP contribution in [0.15, 0.2) is 53.4 Å². The number of benzene rings is 2. The summed E-state index contributed by atoms with van der Waals surface area (Å²) >= 11 is 7.64. The monoisotopic (exact) mass is 389 g/mol. The number of ether oxygens (including phenoxy) is 1. The average Bonchev–Trinajstić information content (AvgIpc) is 2.59. The Balaban J connectivity index is 1.49. The molecule has 0 fully saturated rings. The highest BCUT2D eigenvalue weighted by Gasteiger charge is 2.34. The van der Waals surface area contributed by atoms with Gasteiger partial charge in [0.15, 0.2) is 0 Å². The first kappa shape index (κ1) is 19.1. The number of hydrogen-bond acceptors (Lipinski definition) is 3. The number of hydrogen-bond donors (Lipinski definition) is 1. The van der Waals surface area contributed by atoms with Gasteiger partial charge in [0.1, 0.15) is 11.4 Å². The number of fused-ring (bicyclic) bond motifs is 1. The molecule has 0 spiro atoms. The molecule has 138 valence electrons. The van der Waals surface area contributed by atoms with Gasteiger partial charge in [0.05, 0.1) is 6.04 Å². The maximum absolute atomic E-state index is 12.4. The Labute approximate surface area is 164 Å². The molecule has 0 unspecified atom stereocenters. The van der Waals surface area contributed by atoms with Crippen molar-refractivity contribution in [2.75, 3.05) is 5.75 Å². The summed E-state index contributed by atoms with van der Waals surface area (Å²) in [6.45, 7) is 4.12. The summed E-state index contributed by atoms with van der Waals surface area (Å²) in [5.74, 6) is 1.87. The van der Waals surface area contributed by atoms with E-state index in [1.165, 1.54) is 4.90 Å². The largest absolute Gasteiger partial charge is 0.487 e. The highest BCUT2D eigenvalue weighted by Crippen LogP contribution is 2.39. The minimum absolute atomic E-state index is 0.00590. The summed E-state index contributed by atoms with van der Waals surface area (Å²) in [6.07, 6.45) is 2.14. The lowest BCUT2D eigenvalue weighted by atomic mass is 9.89. The van der Waals surface area contributed by atoms with Crippen LogP contribution in [0.4, 0.5) is 0 Å². The fourth-order valence-corrected chi connectivity index (χ4v) is 4.13. The molecule has 2 aromatic rings. The van der Waals surface area contributed by atoms with Gasteiger partial charge >= 0.3 is 0 Å². The van der Waals surface area contributed by atoms with Crippen molar-refractivity contribution in [3.8, 4) is 5.75 Å². The Morgan fingerprint density at radius 2 is 1.96 bits per heavy atom. The molecule has 5 heteroatoms. The van der Waals surface area contributed by atoms with Crippen molar-refractivity contribution in [3.63, 3.8) is 0 Å². The van der Waals surface area contributed by atoms with E-state index in [1.54, 1.807) is 11.8 Å². The van der Waals surface area contributed by atoms with E-state index in [-0.39, 0.29) is 17.6 Å². The number of thioether (sulfide) groups is 1. The quantitative estimate of drug-likeness (QED) is 0.513. The van der Waals surface area contributed by atoms with Crippen molar-refractivity contribution >= 4 is 29.3 Å². The zero-order valence-corrected chi connectivity index (χ0v) is 16.7. The van der Waals surface area contributed by atoms with Crippen LogP contribution in [0.3, 0.4) is 0 Å². The minimum atomic E-state index is -0.281. The van der Waals surface area contributed by atoms with Crippen molar-refractivity contribution < 1.29 is 9.53 Å². The Bertz CT molecular complexity index is 761. The van der Waals surface area contributed by atoms with Gasteiger partial charge in [-0.2, -0.15) is 0 Å². The van der Waals surface area contributed by atoms with Crippen molar-refractivity contribution in [2.24, 2.45) is 0 Å². The van der Waals surface area contributed by atoms with Gasteiger partial charge < -0.3 is 10.1 Å². The zero-order valence-electron chi connectivity index (χ0n) is 15.1. The van der Waals surface area contributed by atoms with Crippen molar-refractivity contribution in [1.82, 2.24) is 5.32 Å². The molecule has 1 aliphatic rings. The normalized spacial score (nSPS) is 17.9.